The first-order valence-corrected chi connectivity index (χ1v) is 9.29. The van der Waals surface area contributed by atoms with E-state index in [1.165, 1.54) is 4.90 Å². The molecular weight excluding hydrogens is 308 g/mol. The molecule has 1 saturated heterocycles. The molecule has 0 bridgehead atoms. The van der Waals surface area contributed by atoms with Crippen LogP contribution in [-0.2, 0) is 10.3 Å². The van der Waals surface area contributed by atoms with Gasteiger partial charge in [0.1, 0.15) is 0 Å². The van der Waals surface area contributed by atoms with Crippen LogP contribution in [-0.4, -0.2) is 35.4 Å². The molecule has 0 radical (unpaired) electrons. The molecule has 1 amide bonds. The van der Waals surface area contributed by atoms with Crippen molar-refractivity contribution in [1.29, 1.82) is 0 Å². The van der Waals surface area contributed by atoms with Crippen LogP contribution >= 0.6 is 11.8 Å². The lowest BCUT2D eigenvalue weighted by Gasteiger charge is -2.25. The van der Waals surface area contributed by atoms with Gasteiger partial charge in [-0.15, -0.1) is 11.8 Å². The first kappa shape index (κ1) is 15.0. The molecule has 3 N–H and O–H groups in total. The third kappa shape index (κ3) is 2.35. The third-order valence-corrected chi connectivity index (χ3v) is 5.98. The summed E-state index contributed by atoms with van der Waals surface area (Å²) in [5, 5.41) is 15.3. The Bertz CT molecular complexity index is 759. The predicted octanol–water partition coefficient (Wildman–Crippen LogP) is 2.10. The fraction of sp³-hybridized carbons (Fsp3) is 0.529. The number of thioether (sulfide) groups is 1. The molecule has 2 aromatic rings. The van der Waals surface area contributed by atoms with Crippen LogP contribution in [0, 0.1) is 17.8 Å². The van der Waals surface area contributed by atoms with E-state index in [4.69, 9.17) is 0 Å². The van der Waals surface area contributed by atoms with E-state index in [1.807, 2.05) is 19.9 Å². The molecule has 122 valence electrons. The average Bonchev–Trinajstić information content (AvgIpc) is 2.91. The van der Waals surface area contributed by atoms with Crippen molar-refractivity contribution in [2.45, 2.75) is 24.3 Å². The van der Waals surface area contributed by atoms with Crippen LogP contribution in [0.3, 0.4) is 0 Å². The second-order valence-corrected chi connectivity index (χ2v) is 7.93. The smallest absolute Gasteiger partial charge is 0.224 e. The Kier molecular flexibility index (Phi) is 3.43. The number of fused-ring (bicyclic) bond motifs is 2. The highest BCUT2D eigenvalue weighted by Gasteiger charge is 2.57. The number of nitrogens with one attached hydrogen (secondary N) is 3. The summed E-state index contributed by atoms with van der Waals surface area (Å²) in [6.45, 7) is 6.02. The average molecular weight is 330 g/mol. The fourth-order valence-electron chi connectivity index (χ4n) is 3.92. The summed E-state index contributed by atoms with van der Waals surface area (Å²) in [5.41, 5.74) is 1.46. The number of amides is 1. The van der Waals surface area contributed by atoms with Crippen molar-refractivity contribution in [1.82, 2.24) is 20.8 Å². The number of rotatable bonds is 4. The molecule has 4 rings (SSSR count). The Labute approximate surface area is 140 Å². The lowest BCUT2D eigenvalue weighted by molar-refractivity contribution is -0.124. The van der Waals surface area contributed by atoms with Gasteiger partial charge in [-0.2, -0.15) is 5.10 Å². The van der Waals surface area contributed by atoms with Gasteiger partial charge in [-0.25, -0.2) is 0 Å². The normalized spacial score (nSPS) is 26.3. The number of carbonyl (C=O) groups is 1. The number of para-hydroxylation sites is 1. The third-order valence-electron chi connectivity index (χ3n) is 5.20. The fourth-order valence-corrected chi connectivity index (χ4v) is 4.49. The Morgan fingerprint density at radius 1 is 1.35 bits per heavy atom. The van der Waals surface area contributed by atoms with Crippen LogP contribution in [0.2, 0.25) is 0 Å². The van der Waals surface area contributed by atoms with Crippen molar-refractivity contribution in [3.8, 4) is 0 Å². The molecule has 1 aromatic heterocycles. The maximum absolute atomic E-state index is 12.6. The van der Waals surface area contributed by atoms with E-state index >= 15 is 0 Å². The van der Waals surface area contributed by atoms with Gasteiger partial charge in [-0.3, -0.25) is 9.89 Å². The summed E-state index contributed by atoms with van der Waals surface area (Å²) in [4.78, 5) is 13.8. The molecule has 3 atom stereocenters. The molecule has 2 aliphatic rings. The van der Waals surface area contributed by atoms with Crippen LogP contribution < -0.4 is 10.6 Å². The number of H-pyrrole nitrogens is 1. The Hall–Kier alpha value is -1.53. The predicted molar refractivity (Wildman–Crippen MR) is 92.4 cm³/mol. The summed E-state index contributed by atoms with van der Waals surface area (Å²) in [6.07, 6.45) is 2.06. The first-order chi connectivity index (χ1) is 11.0. The second kappa shape index (κ2) is 5.24. The van der Waals surface area contributed by atoms with E-state index < -0.39 is 5.54 Å². The minimum atomic E-state index is -0.489. The number of aromatic amines is 1. The van der Waals surface area contributed by atoms with Crippen LogP contribution in [0.1, 0.15) is 19.5 Å². The van der Waals surface area contributed by atoms with Crippen LogP contribution in [0.25, 0.3) is 10.9 Å². The van der Waals surface area contributed by atoms with Gasteiger partial charge in [0.2, 0.25) is 5.91 Å². The maximum Gasteiger partial charge on any atom is 0.224 e. The van der Waals surface area contributed by atoms with Gasteiger partial charge in [0.05, 0.1) is 16.7 Å². The summed E-state index contributed by atoms with van der Waals surface area (Å²) in [5.74, 6) is 1.42. The number of aromatic nitrogens is 2. The van der Waals surface area contributed by atoms with Gasteiger partial charge in [0, 0.05) is 16.2 Å². The standard InChI is InChI=1S/C17H22N4OS/c1-17(2,19-16(22)13-10-7-18-8-11(10)13)15-9-5-4-6-12(23-3)14(9)20-21-15/h4-6,10-11,13,18H,7-8H2,1-3H3,(H,19,22)(H,20,21)/t10-,11+,13-. The van der Waals surface area contributed by atoms with Gasteiger partial charge in [-0.05, 0) is 51.1 Å². The number of piperidine rings is 1. The summed E-state index contributed by atoms with van der Waals surface area (Å²) < 4.78 is 0. The van der Waals surface area contributed by atoms with Crippen molar-refractivity contribution in [3.63, 3.8) is 0 Å². The monoisotopic (exact) mass is 330 g/mol. The Morgan fingerprint density at radius 3 is 2.78 bits per heavy atom. The zero-order valence-electron chi connectivity index (χ0n) is 13.6. The number of carbonyl (C=O) groups excluding carboxylic acids is 1. The minimum Gasteiger partial charge on any atom is -0.345 e. The molecule has 0 unspecified atom stereocenters. The summed E-state index contributed by atoms with van der Waals surface area (Å²) in [6, 6.07) is 6.19. The van der Waals surface area contributed by atoms with E-state index in [2.05, 4.69) is 39.2 Å². The number of benzene rings is 1. The minimum absolute atomic E-state index is 0.170. The van der Waals surface area contributed by atoms with E-state index in [9.17, 15) is 4.79 Å². The van der Waals surface area contributed by atoms with E-state index in [1.54, 1.807) is 11.8 Å². The quantitative estimate of drug-likeness (QED) is 0.751. The first-order valence-electron chi connectivity index (χ1n) is 8.07. The highest BCUT2D eigenvalue weighted by molar-refractivity contribution is 7.98. The zero-order valence-corrected chi connectivity index (χ0v) is 14.5. The van der Waals surface area contributed by atoms with E-state index in [-0.39, 0.29) is 11.8 Å². The van der Waals surface area contributed by atoms with Crippen molar-refractivity contribution in [2.75, 3.05) is 19.3 Å². The topological polar surface area (TPSA) is 69.8 Å². The number of hydrogen-bond donors (Lipinski definition) is 3. The highest BCUT2D eigenvalue weighted by atomic mass is 32.2. The zero-order chi connectivity index (χ0) is 16.2. The van der Waals surface area contributed by atoms with Crippen molar-refractivity contribution < 1.29 is 4.79 Å². The molecule has 1 aliphatic heterocycles. The number of hydrogen-bond acceptors (Lipinski definition) is 4. The Balaban J connectivity index is 1.60. The van der Waals surface area contributed by atoms with Crippen LogP contribution in [0.15, 0.2) is 23.1 Å². The van der Waals surface area contributed by atoms with Crippen LogP contribution in [0.5, 0.6) is 0 Å². The van der Waals surface area contributed by atoms with E-state index in [0.717, 1.165) is 29.7 Å². The number of nitrogens with zero attached hydrogens (tertiary/aromatic N) is 1. The molecule has 0 spiro atoms. The molecule has 1 saturated carbocycles. The second-order valence-electron chi connectivity index (χ2n) is 7.08. The molecule has 2 heterocycles. The van der Waals surface area contributed by atoms with Gasteiger partial charge >= 0.3 is 0 Å². The van der Waals surface area contributed by atoms with Gasteiger partial charge in [0.25, 0.3) is 0 Å². The van der Waals surface area contributed by atoms with Gasteiger partial charge in [-0.1, -0.05) is 12.1 Å². The van der Waals surface area contributed by atoms with Gasteiger partial charge in [0.15, 0.2) is 0 Å². The molecule has 2 fully saturated rings. The van der Waals surface area contributed by atoms with Crippen molar-refractivity contribution in [2.24, 2.45) is 17.8 Å². The van der Waals surface area contributed by atoms with Gasteiger partial charge < -0.3 is 10.6 Å². The van der Waals surface area contributed by atoms with Crippen LogP contribution in [0.4, 0.5) is 0 Å². The largest absolute Gasteiger partial charge is 0.345 e. The lowest BCUT2D eigenvalue weighted by Crippen LogP contribution is -2.43. The molecule has 6 heteroatoms. The maximum atomic E-state index is 12.6. The Morgan fingerprint density at radius 2 is 2.09 bits per heavy atom. The summed E-state index contributed by atoms with van der Waals surface area (Å²) >= 11 is 1.70. The SMILES string of the molecule is CSc1cccc2c(C(C)(C)NC(=O)[C@@H]3[C@@H]4CNC[C@@H]43)n[nH]c12. The molecule has 23 heavy (non-hydrogen) atoms. The molecule has 1 aromatic carbocycles. The highest BCUT2D eigenvalue weighted by Crippen LogP contribution is 2.49. The van der Waals surface area contributed by atoms with Crippen molar-refractivity contribution >= 4 is 28.6 Å². The van der Waals surface area contributed by atoms with E-state index in [0.29, 0.717) is 11.8 Å². The molecule has 1 aliphatic carbocycles. The van der Waals surface area contributed by atoms with Crippen molar-refractivity contribution in [3.05, 3.63) is 23.9 Å². The lowest BCUT2D eigenvalue weighted by atomic mass is 9.96. The molecule has 5 nitrogen and oxygen atoms in total. The summed E-state index contributed by atoms with van der Waals surface area (Å²) in [7, 11) is 0. The molecular formula is C17H22N4OS.